The van der Waals surface area contributed by atoms with Gasteiger partial charge >= 0.3 is 0 Å². The first-order valence-electron chi connectivity index (χ1n) is 6.37. The Labute approximate surface area is 97.2 Å². The lowest BCUT2D eigenvalue weighted by Crippen LogP contribution is -2.33. The maximum absolute atomic E-state index is 6.18. The van der Waals surface area contributed by atoms with Crippen LogP contribution < -0.4 is 5.73 Å². The molecule has 90 valence electrons. The quantitative estimate of drug-likeness (QED) is 0.847. The monoisotopic (exact) mass is 222 g/mol. The van der Waals surface area contributed by atoms with Crippen LogP contribution in [0.15, 0.2) is 0 Å². The summed E-state index contributed by atoms with van der Waals surface area (Å²) in [5, 5.41) is 4.46. The molecule has 16 heavy (non-hydrogen) atoms. The summed E-state index contributed by atoms with van der Waals surface area (Å²) in [7, 11) is 1.99. The van der Waals surface area contributed by atoms with Crippen molar-refractivity contribution in [2.24, 2.45) is 12.8 Å². The third-order valence-corrected chi connectivity index (χ3v) is 3.47. The smallest absolute Gasteiger partial charge is 0.150 e. The summed E-state index contributed by atoms with van der Waals surface area (Å²) < 4.78 is 1.93. The molecular formula is C12H22N4. The predicted molar refractivity (Wildman–Crippen MR) is 64.2 cm³/mol. The van der Waals surface area contributed by atoms with Crippen molar-refractivity contribution in [1.29, 1.82) is 0 Å². The molecule has 1 aromatic rings. The Morgan fingerprint density at radius 2 is 2.12 bits per heavy atom. The number of hydrogen-bond acceptors (Lipinski definition) is 3. The highest BCUT2D eigenvalue weighted by Gasteiger charge is 2.27. The predicted octanol–water partition coefficient (Wildman–Crippen LogP) is 1.75. The molecular weight excluding hydrogens is 200 g/mol. The molecule has 4 heteroatoms. The van der Waals surface area contributed by atoms with Crippen molar-refractivity contribution in [2.75, 3.05) is 0 Å². The average Bonchev–Trinajstić information content (AvgIpc) is 2.61. The largest absolute Gasteiger partial charge is 0.327 e. The number of nitrogens with two attached hydrogens (primary N) is 1. The van der Waals surface area contributed by atoms with Gasteiger partial charge in [0, 0.05) is 25.4 Å². The van der Waals surface area contributed by atoms with Crippen LogP contribution in [-0.2, 0) is 13.5 Å². The van der Waals surface area contributed by atoms with Gasteiger partial charge in [-0.3, -0.25) is 4.68 Å². The Balaban J connectivity index is 2.18. The number of aromatic nitrogens is 3. The molecule has 1 aliphatic rings. The van der Waals surface area contributed by atoms with E-state index < -0.39 is 0 Å². The zero-order valence-corrected chi connectivity index (χ0v) is 10.3. The standard InChI is InChI=1S/C12H22N4/c1-3-6-11-14-12(16(2)15-11)9-7-4-5-8-10(9)13/h9-10H,3-8,13H2,1-2H3. The topological polar surface area (TPSA) is 56.7 Å². The van der Waals surface area contributed by atoms with Gasteiger partial charge in [-0.2, -0.15) is 5.10 Å². The van der Waals surface area contributed by atoms with Crippen LogP contribution in [0.4, 0.5) is 0 Å². The molecule has 0 aliphatic heterocycles. The van der Waals surface area contributed by atoms with Crippen molar-refractivity contribution < 1.29 is 0 Å². The second-order valence-corrected chi connectivity index (χ2v) is 4.81. The molecule has 1 aliphatic carbocycles. The van der Waals surface area contributed by atoms with Crippen LogP contribution in [0, 0.1) is 0 Å². The highest BCUT2D eigenvalue weighted by Crippen LogP contribution is 2.30. The summed E-state index contributed by atoms with van der Waals surface area (Å²) in [4.78, 5) is 4.65. The summed E-state index contributed by atoms with van der Waals surface area (Å²) in [5.41, 5.74) is 6.18. The molecule has 1 fully saturated rings. The molecule has 1 saturated carbocycles. The lowest BCUT2D eigenvalue weighted by atomic mass is 9.84. The SMILES string of the molecule is CCCc1nc(C2CCCCC2N)n(C)n1. The molecule has 1 heterocycles. The Hall–Kier alpha value is -0.900. The van der Waals surface area contributed by atoms with Crippen LogP contribution in [0.1, 0.15) is 56.6 Å². The summed E-state index contributed by atoms with van der Waals surface area (Å²) in [6.45, 7) is 2.16. The van der Waals surface area contributed by atoms with E-state index in [1.54, 1.807) is 0 Å². The van der Waals surface area contributed by atoms with Crippen molar-refractivity contribution in [3.8, 4) is 0 Å². The third-order valence-electron chi connectivity index (χ3n) is 3.47. The fourth-order valence-electron chi connectivity index (χ4n) is 2.58. The van der Waals surface area contributed by atoms with Crippen LogP contribution in [-0.4, -0.2) is 20.8 Å². The molecule has 0 amide bonds. The molecule has 2 rings (SSSR count). The third kappa shape index (κ3) is 2.26. The van der Waals surface area contributed by atoms with Crippen molar-refractivity contribution >= 4 is 0 Å². The zero-order valence-electron chi connectivity index (χ0n) is 10.3. The molecule has 2 atom stereocenters. The van der Waals surface area contributed by atoms with E-state index in [1.807, 2.05) is 11.7 Å². The van der Waals surface area contributed by atoms with E-state index in [2.05, 4.69) is 17.0 Å². The van der Waals surface area contributed by atoms with Crippen molar-refractivity contribution in [1.82, 2.24) is 14.8 Å². The summed E-state index contributed by atoms with van der Waals surface area (Å²) in [6.07, 6.45) is 6.89. The van der Waals surface area contributed by atoms with Gasteiger partial charge in [0.25, 0.3) is 0 Å². The number of hydrogen-bond donors (Lipinski definition) is 1. The van der Waals surface area contributed by atoms with Gasteiger partial charge in [0.1, 0.15) is 5.82 Å². The van der Waals surface area contributed by atoms with Gasteiger partial charge in [0.15, 0.2) is 5.82 Å². The summed E-state index contributed by atoms with van der Waals surface area (Å²) >= 11 is 0. The molecule has 0 spiro atoms. The molecule has 0 saturated heterocycles. The Kier molecular flexibility index (Phi) is 3.59. The minimum atomic E-state index is 0.270. The normalized spacial score (nSPS) is 25.9. The number of rotatable bonds is 3. The molecule has 0 radical (unpaired) electrons. The van der Waals surface area contributed by atoms with Crippen molar-refractivity contribution in [2.45, 2.75) is 57.4 Å². The first kappa shape index (κ1) is 11.6. The number of aryl methyl sites for hydroxylation is 2. The second kappa shape index (κ2) is 4.95. The van der Waals surface area contributed by atoms with E-state index in [-0.39, 0.29) is 6.04 Å². The minimum Gasteiger partial charge on any atom is -0.327 e. The van der Waals surface area contributed by atoms with Gasteiger partial charge in [-0.15, -0.1) is 0 Å². The average molecular weight is 222 g/mol. The van der Waals surface area contributed by atoms with Crippen molar-refractivity contribution in [3.63, 3.8) is 0 Å². The highest BCUT2D eigenvalue weighted by atomic mass is 15.3. The first-order chi connectivity index (χ1) is 7.72. The molecule has 0 aromatic carbocycles. The lowest BCUT2D eigenvalue weighted by Gasteiger charge is -2.27. The fourth-order valence-corrected chi connectivity index (χ4v) is 2.58. The molecule has 4 nitrogen and oxygen atoms in total. The van der Waals surface area contributed by atoms with E-state index in [4.69, 9.17) is 5.73 Å². The van der Waals surface area contributed by atoms with Gasteiger partial charge in [0.05, 0.1) is 0 Å². The molecule has 2 unspecified atom stereocenters. The number of nitrogens with zero attached hydrogens (tertiary/aromatic N) is 3. The van der Waals surface area contributed by atoms with Crippen LogP contribution in [0.2, 0.25) is 0 Å². The van der Waals surface area contributed by atoms with E-state index in [9.17, 15) is 0 Å². The van der Waals surface area contributed by atoms with Gasteiger partial charge in [-0.1, -0.05) is 19.8 Å². The van der Waals surface area contributed by atoms with E-state index in [0.717, 1.165) is 30.9 Å². The van der Waals surface area contributed by atoms with Gasteiger partial charge in [0.2, 0.25) is 0 Å². The van der Waals surface area contributed by atoms with Gasteiger partial charge in [-0.05, 0) is 19.3 Å². The van der Waals surface area contributed by atoms with E-state index in [0.29, 0.717) is 5.92 Å². The molecule has 2 N–H and O–H groups in total. The van der Waals surface area contributed by atoms with Gasteiger partial charge < -0.3 is 5.73 Å². The lowest BCUT2D eigenvalue weighted by molar-refractivity contribution is 0.364. The Morgan fingerprint density at radius 3 is 2.81 bits per heavy atom. The van der Waals surface area contributed by atoms with Crippen molar-refractivity contribution in [3.05, 3.63) is 11.6 Å². The zero-order chi connectivity index (χ0) is 11.5. The first-order valence-corrected chi connectivity index (χ1v) is 6.37. The minimum absolute atomic E-state index is 0.270. The second-order valence-electron chi connectivity index (χ2n) is 4.81. The maximum atomic E-state index is 6.18. The Morgan fingerprint density at radius 1 is 1.38 bits per heavy atom. The van der Waals surface area contributed by atoms with Gasteiger partial charge in [-0.25, -0.2) is 4.98 Å². The summed E-state index contributed by atoms with van der Waals surface area (Å²) in [6, 6.07) is 0.270. The molecule has 1 aromatic heterocycles. The van der Waals surface area contributed by atoms with Crippen LogP contribution in [0.5, 0.6) is 0 Å². The fraction of sp³-hybridized carbons (Fsp3) is 0.833. The van der Waals surface area contributed by atoms with E-state index in [1.165, 1.54) is 19.3 Å². The maximum Gasteiger partial charge on any atom is 0.150 e. The van der Waals surface area contributed by atoms with Crippen LogP contribution >= 0.6 is 0 Å². The van der Waals surface area contributed by atoms with E-state index >= 15 is 0 Å². The Bertz CT molecular complexity index is 345. The van der Waals surface area contributed by atoms with Crippen LogP contribution in [0.3, 0.4) is 0 Å². The molecule has 0 bridgehead atoms. The highest BCUT2D eigenvalue weighted by molar-refractivity contribution is 5.05. The van der Waals surface area contributed by atoms with Crippen LogP contribution in [0.25, 0.3) is 0 Å². The summed E-state index contributed by atoms with van der Waals surface area (Å²) in [5.74, 6) is 2.48.